The van der Waals surface area contributed by atoms with E-state index >= 15 is 0 Å². The molecule has 5 heteroatoms. The number of nitrogens with two attached hydrogens (primary N) is 1. The number of fused-ring (bicyclic) bond motifs is 1. The molecule has 0 fully saturated rings. The van der Waals surface area contributed by atoms with Crippen molar-refractivity contribution in [1.82, 2.24) is 4.98 Å². The minimum absolute atomic E-state index is 0.290. The molecule has 0 aliphatic rings. The molecule has 0 unspecified atom stereocenters. The van der Waals surface area contributed by atoms with Gasteiger partial charge in [0.05, 0.1) is 0 Å². The normalized spacial score (nSPS) is 11.0. The van der Waals surface area contributed by atoms with Crippen molar-refractivity contribution in [2.24, 2.45) is 5.73 Å². The van der Waals surface area contributed by atoms with Crippen LogP contribution < -0.4 is 10.6 Å². The van der Waals surface area contributed by atoms with Crippen molar-refractivity contribution in [1.29, 1.82) is 0 Å². The molecule has 0 saturated carbocycles. The van der Waals surface area contributed by atoms with Gasteiger partial charge in [-0.1, -0.05) is 18.2 Å². The van der Waals surface area contributed by atoms with Gasteiger partial charge in [-0.2, -0.15) is 4.98 Å². The summed E-state index contributed by atoms with van der Waals surface area (Å²) in [6.45, 7) is 1.17. The van der Waals surface area contributed by atoms with Crippen LogP contribution in [0, 0.1) is 5.82 Å². The first kappa shape index (κ1) is 13.6. The molecule has 4 nitrogen and oxygen atoms in total. The van der Waals surface area contributed by atoms with Crippen molar-refractivity contribution in [3.8, 4) is 0 Å². The van der Waals surface area contributed by atoms with Crippen LogP contribution in [-0.2, 0) is 0 Å². The average molecular weight is 285 g/mol. The van der Waals surface area contributed by atoms with E-state index in [9.17, 15) is 4.39 Å². The molecule has 3 aromatic rings. The molecule has 0 spiro atoms. The van der Waals surface area contributed by atoms with E-state index in [4.69, 9.17) is 10.2 Å². The van der Waals surface area contributed by atoms with Gasteiger partial charge in [0, 0.05) is 12.2 Å². The first-order valence-corrected chi connectivity index (χ1v) is 6.86. The summed E-state index contributed by atoms with van der Waals surface area (Å²) in [6.07, 6.45) is 0.759. The lowest BCUT2D eigenvalue weighted by atomic mass is 10.2. The summed E-state index contributed by atoms with van der Waals surface area (Å²) in [4.78, 5) is 6.31. The zero-order valence-corrected chi connectivity index (χ0v) is 11.5. The first-order valence-electron chi connectivity index (χ1n) is 6.86. The third kappa shape index (κ3) is 2.87. The van der Waals surface area contributed by atoms with Crippen LogP contribution in [-0.4, -0.2) is 18.1 Å². The van der Waals surface area contributed by atoms with E-state index in [-0.39, 0.29) is 5.82 Å². The fourth-order valence-electron chi connectivity index (χ4n) is 2.20. The predicted octanol–water partition coefficient (Wildman–Crippen LogP) is 3.45. The number of rotatable bonds is 5. The quantitative estimate of drug-likeness (QED) is 0.780. The van der Waals surface area contributed by atoms with Crippen molar-refractivity contribution in [2.75, 3.05) is 18.0 Å². The highest BCUT2D eigenvalue weighted by atomic mass is 19.1. The maximum absolute atomic E-state index is 13.5. The summed E-state index contributed by atoms with van der Waals surface area (Å²) in [6, 6.07) is 14.4. The number of halogens is 1. The number of para-hydroxylation sites is 2. The maximum atomic E-state index is 13.5. The van der Waals surface area contributed by atoms with E-state index in [0.29, 0.717) is 30.4 Å². The third-order valence-electron chi connectivity index (χ3n) is 3.22. The van der Waals surface area contributed by atoms with Crippen molar-refractivity contribution in [3.05, 3.63) is 54.3 Å². The van der Waals surface area contributed by atoms with Crippen LogP contribution in [0.5, 0.6) is 0 Å². The second-order valence-corrected chi connectivity index (χ2v) is 4.74. The summed E-state index contributed by atoms with van der Waals surface area (Å²) in [5.41, 5.74) is 7.78. The Morgan fingerprint density at radius 1 is 1.14 bits per heavy atom. The van der Waals surface area contributed by atoms with Crippen LogP contribution in [0.3, 0.4) is 0 Å². The first-order chi connectivity index (χ1) is 10.3. The average Bonchev–Trinajstić information content (AvgIpc) is 2.91. The van der Waals surface area contributed by atoms with Gasteiger partial charge in [0.15, 0.2) is 5.58 Å². The number of benzene rings is 2. The second-order valence-electron chi connectivity index (χ2n) is 4.74. The molecule has 0 aliphatic carbocycles. The Kier molecular flexibility index (Phi) is 3.83. The van der Waals surface area contributed by atoms with Gasteiger partial charge in [-0.25, -0.2) is 4.39 Å². The number of hydrogen-bond donors (Lipinski definition) is 1. The SMILES string of the molecule is NCCCN(c1cccc(F)c1)c1nc2ccccc2o1. The van der Waals surface area contributed by atoms with Gasteiger partial charge in [-0.05, 0) is 43.3 Å². The number of oxazole rings is 1. The van der Waals surface area contributed by atoms with Crippen molar-refractivity contribution in [2.45, 2.75) is 6.42 Å². The Labute approximate surface area is 122 Å². The summed E-state index contributed by atoms with van der Waals surface area (Å²) >= 11 is 0. The summed E-state index contributed by atoms with van der Waals surface area (Å²) in [5.74, 6) is -0.290. The Balaban J connectivity index is 2.02. The highest BCUT2D eigenvalue weighted by Gasteiger charge is 2.16. The largest absolute Gasteiger partial charge is 0.423 e. The second kappa shape index (κ2) is 5.93. The molecule has 0 amide bonds. The molecular weight excluding hydrogens is 269 g/mol. The molecule has 108 valence electrons. The number of hydrogen-bond acceptors (Lipinski definition) is 4. The van der Waals surface area contributed by atoms with Crippen LogP contribution in [0.4, 0.5) is 16.1 Å². The molecule has 0 atom stereocenters. The molecule has 21 heavy (non-hydrogen) atoms. The van der Waals surface area contributed by atoms with Gasteiger partial charge >= 0.3 is 6.01 Å². The van der Waals surface area contributed by atoms with Gasteiger partial charge in [-0.3, -0.25) is 4.90 Å². The number of anilines is 2. The molecule has 1 aromatic heterocycles. The third-order valence-corrected chi connectivity index (χ3v) is 3.22. The molecule has 3 rings (SSSR count). The lowest BCUT2D eigenvalue weighted by Gasteiger charge is -2.20. The molecule has 0 bridgehead atoms. The molecule has 0 radical (unpaired) electrons. The lowest BCUT2D eigenvalue weighted by molar-refractivity contribution is 0.586. The van der Waals surface area contributed by atoms with Crippen molar-refractivity contribution in [3.63, 3.8) is 0 Å². The van der Waals surface area contributed by atoms with Gasteiger partial charge in [0.2, 0.25) is 0 Å². The van der Waals surface area contributed by atoms with E-state index in [0.717, 1.165) is 11.9 Å². The fourth-order valence-corrected chi connectivity index (χ4v) is 2.20. The lowest BCUT2D eigenvalue weighted by Crippen LogP contribution is -2.21. The molecular formula is C16H16FN3O. The Bertz CT molecular complexity index is 708. The molecule has 2 N–H and O–H groups in total. The van der Waals surface area contributed by atoms with Gasteiger partial charge in [-0.15, -0.1) is 0 Å². The molecule has 1 heterocycles. The van der Waals surface area contributed by atoms with Crippen LogP contribution in [0.1, 0.15) is 6.42 Å². The predicted molar refractivity (Wildman–Crippen MR) is 81.1 cm³/mol. The number of aromatic nitrogens is 1. The topological polar surface area (TPSA) is 55.3 Å². The minimum Gasteiger partial charge on any atom is -0.423 e. The molecule has 0 saturated heterocycles. The highest BCUT2D eigenvalue weighted by Crippen LogP contribution is 2.28. The minimum atomic E-state index is -0.290. The molecule has 0 aliphatic heterocycles. The van der Waals surface area contributed by atoms with Crippen LogP contribution in [0.2, 0.25) is 0 Å². The number of nitrogens with zero attached hydrogens (tertiary/aromatic N) is 2. The van der Waals surface area contributed by atoms with E-state index in [1.807, 2.05) is 35.2 Å². The summed E-state index contributed by atoms with van der Waals surface area (Å²) in [7, 11) is 0. The van der Waals surface area contributed by atoms with E-state index in [1.54, 1.807) is 6.07 Å². The fraction of sp³-hybridized carbons (Fsp3) is 0.188. The smallest absolute Gasteiger partial charge is 0.302 e. The van der Waals surface area contributed by atoms with Gasteiger partial charge in [0.1, 0.15) is 11.3 Å². The Morgan fingerprint density at radius 3 is 2.76 bits per heavy atom. The summed E-state index contributed by atoms with van der Waals surface area (Å²) < 4.78 is 19.2. The van der Waals surface area contributed by atoms with E-state index in [2.05, 4.69) is 4.98 Å². The van der Waals surface area contributed by atoms with Crippen LogP contribution >= 0.6 is 0 Å². The van der Waals surface area contributed by atoms with Crippen LogP contribution in [0.25, 0.3) is 11.1 Å². The van der Waals surface area contributed by atoms with Crippen molar-refractivity contribution < 1.29 is 8.81 Å². The van der Waals surface area contributed by atoms with E-state index in [1.165, 1.54) is 12.1 Å². The monoisotopic (exact) mass is 285 g/mol. The van der Waals surface area contributed by atoms with E-state index < -0.39 is 0 Å². The zero-order valence-electron chi connectivity index (χ0n) is 11.5. The molecule has 2 aromatic carbocycles. The standard InChI is InChI=1S/C16H16FN3O/c17-12-5-3-6-13(11-12)20(10-4-9-18)16-19-14-7-1-2-8-15(14)21-16/h1-3,5-8,11H,4,9-10,18H2. The van der Waals surface area contributed by atoms with Gasteiger partial charge < -0.3 is 10.2 Å². The Morgan fingerprint density at radius 2 is 2.00 bits per heavy atom. The Hall–Kier alpha value is -2.40. The highest BCUT2D eigenvalue weighted by molar-refractivity contribution is 5.75. The zero-order chi connectivity index (χ0) is 14.7. The van der Waals surface area contributed by atoms with Gasteiger partial charge in [0.25, 0.3) is 0 Å². The van der Waals surface area contributed by atoms with Crippen molar-refractivity contribution >= 4 is 22.8 Å². The summed E-state index contributed by atoms with van der Waals surface area (Å²) in [5, 5.41) is 0. The maximum Gasteiger partial charge on any atom is 0.302 e. The van der Waals surface area contributed by atoms with Crippen LogP contribution in [0.15, 0.2) is 52.9 Å².